The van der Waals surface area contributed by atoms with Gasteiger partial charge in [0.05, 0.1) is 0 Å². The first-order chi connectivity index (χ1) is 9.49. The van der Waals surface area contributed by atoms with E-state index in [2.05, 4.69) is 19.2 Å². The molecule has 0 atom stereocenters. The average Bonchev–Trinajstić information content (AvgIpc) is 2.42. The fourth-order valence-corrected chi connectivity index (χ4v) is 2.00. The largest absolute Gasteiger partial charge is 0.322 e. The molecule has 0 saturated carbocycles. The van der Waals surface area contributed by atoms with Gasteiger partial charge in [0.25, 0.3) is 11.5 Å². The molecule has 0 aliphatic rings. The van der Waals surface area contributed by atoms with Gasteiger partial charge in [0, 0.05) is 30.6 Å². The van der Waals surface area contributed by atoms with E-state index < -0.39 is 0 Å². The quantitative estimate of drug-likeness (QED) is 0.932. The summed E-state index contributed by atoms with van der Waals surface area (Å²) in [5.74, 6) is 0.0472. The second-order valence-corrected chi connectivity index (χ2v) is 5.06. The lowest BCUT2D eigenvalue weighted by Crippen LogP contribution is -2.20. The van der Waals surface area contributed by atoms with Crippen molar-refractivity contribution in [2.45, 2.75) is 19.8 Å². The van der Waals surface area contributed by atoms with E-state index in [9.17, 15) is 9.59 Å². The highest BCUT2D eigenvalue weighted by atomic mass is 16.2. The normalized spacial score (nSPS) is 10.6. The van der Waals surface area contributed by atoms with Crippen LogP contribution < -0.4 is 10.9 Å². The summed E-state index contributed by atoms with van der Waals surface area (Å²) in [5.41, 5.74) is 2.03. The number of aromatic nitrogens is 1. The Balaban J connectivity index is 2.28. The summed E-state index contributed by atoms with van der Waals surface area (Å²) in [6, 6.07) is 10.7. The van der Waals surface area contributed by atoms with Gasteiger partial charge >= 0.3 is 0 Å². The van der Waals surface area contributed by atoms with Crippen LogP contribution in [0.3, 0.4) is 0 Å². The van der Waals surface area contributed by atoms with E-state index in [0.29, 0.717) is 11.5 Å². The second kappa shape index (κ2) is 5.74. The predicted octanol–water partition coefficient (Wildman–Crippen LogP) is 2.76. The third kappa shape index (κ3) is 2.96. The number of carbonyl (C=O) groups is 1. The fourth-order valence-electron chi connectivity index (χ4n) is 2.00. The van der Waals surface area contributed by atoms with Gasteiger partial charge in [-0.25, -0.2) is 0 Å². The summed E-state index contributed by atoms with van der Waals surface area (Å²) >= 11 is 0. The minimum absolute atomic E-state index is 0.199. The van der Waals surface area contributed by atoms with E-state index in [1.165, 1.54) is 10.6 Å². The Hall–Kier alpha value is -2.36. The number of pyridine rings is 1. The van der Waals surface area contributed by atoms with Gasteiger partial charge in [-0.2, -0.15) is 0 Å². The number of benzene rings is 1. The predicted molar refractivity (Wildman–Crippen MR) is 80.2 cm³/mol. The molecule has 104 valence electrons. The summed E-state index contributed by atoms with van der Waals surface area (Å²) in [6.07, 6.45) is 1.59. The molecule has 0 saturated heterocycles. The molecule has 1 heterocycles. The number of nitrogens with one attached hydrogen (secondary N) is 1. The van der Waals surface area contributed by atoms with Crippen LogP contribution in [0.2, 0.25) is 0 Å². The van der Waals surface area contributed by atoms with Crippen molar-refractivity contribution in [1.82, 2.24) is 4.57 Å². The summed E-state index contributed by atoms with van der Waals surface area (Å²) in [4.78, 5) is 23.7. The molecular weight excluding hydrogens is 252 g/mol. The summed E-state index contributed by atoms with van der Waals surface area (Å²) in [5, 5.41) is 2.87. The van der Waals surface area contributed by atoms with Crippen LogP contribution in [0.15, 0.2) is 47.4 Å². The van der Waals surface area contributed by atoms with Crippen LogP contribution in [0.25, 0.3) is 0 Å². The Morgan fingerprint density at radius 3 is 2.55 bits per heavy atom. The summed E-state index contributed by atoms with van der Waals surface area (Å²) in [6.45, 7) is 4.15. The third-order valence-electron chi connectivity index (χ3n) is 3.20. The standard InChI is InChI=1S/C16H18N2O2/c1-11(2)13-6-4-5-7-14(13)17-16(20)12-8-9-18(3)15(19)10-12/h4-11H,1-3H3,(H,17,20). The first kappa shape index (κ1) is 14.1. The highest BCUT2D eigenvalue weighted by molar-refractivity contribution is 6.04. The summed E-state index contributed by atoms with van der Waals surface area (Å²) < 4.78 is 1.43. The molecule has 1 amide bonds. The monoisotopic (exact) mass is 270 g/mol. The molecule has 0 spiro atoms. The molecule has 4 nitrogen and oxygen atoms in total. The Morgan fingerprint density at radius 1 is 1.20 bits per heavy atom. The van der Waals surface area contributed by atoms with Crippen molar-refractivity contribution in [2.75, 3.05) is 5.32 Å². The maximum atomic E-state index is 12.2. The fraction of sp³-hybridized carbons (Fsp3) is 0.250. The molecule has 1 aromatic carbocycles. The van der Waals surface area contributed by atoms with Crippen molar-refractivity contribution in [3.05, 3.63) is 64.1 Å². The highest BCUT2D eigenvalue weighted by Gasteiger charge is 2.11. The minimum atomic E-state index is -0.268. The molecule has 0 aliphatic heterocycles. The van der Waals surface area contributed by atoms with Crippen LogP contribution in [-0.4, -0.2) is 10.5 Å². The van der Waals surface area contributed by atoms with Gasteiger partial charge in [-0.1, -0.05) is 32.0 Å². The van der Waals surface area contributed by atoms with Gasteiger partial charge in [-0.3, -0.25) is 9.59 Å². The molecule has 4 heteroatoms. The Labute approximate surface area is 118 Å². The van der Waals surface area contributed by atoms with Crippen LogP contribution in [0.4, 0.5) is 5.69 Å². The van der Waals surface area contributed by atoms with Crippen LogP contribution in [0.1, 0.15) is 35.7 Å². The van der Waals surface area contributed by atoms with Crippen molar-refractivity contribution >= 4 is 11.6 Å². The minimum Gasteiger partial charge on any atom is -0.322 e. The molecule has 2 rings (SSSR count). The molecule has 0 fully saturated rings. The Kier molecular flexibility index (Phi) is 4.03. The van der Waals surface area contributed by atoms with E-state index in [1.807, 2.05) is 24.3 Å². The van der Waals surface area contributed by atoms with Crippen LogP contribution >= 0.6 is 0 Å². The Bertz CT molecular complexity index is 687. The number of hydrogen-bond acceptors (Lipinski definition) is 2. The molecule has 0 aliphatic carbocycles. The van der Waals surface area contributed by atoms with Gasteiger partial charge < -0.3 is 9.88 Å². The van der Waals surface area contributed by atoms with E-state index in [0.717, 1.165) is 11.3 Å². The number of anilines is 1. The third-order valence-corrected chi connectivity index (χ3v) is 3.20. The molecule has 1 aromatic heterocycles. The maximum Gasteiger partial charge on any atom is 0.255 e. The van der Waals surface area contributed by atoms with Crippen molar-refractivity contribution in [2.24, 2.45) is 7.05 Å². The zero-order chi connectivity index (χ0) is 14.7. The molecule has 1 N–H and O–H groups in total. The lowest BCUT2D eigenvalue weighted by molar-refractivity contribution is 0.102. The zero-order valence-electron chi connectivity index (χ0n) is 11.9. The lowest BCUT2D eigenvalue weighted by Gasteiger charge is -2.13. The Morgan fingerprint density at radius 2 is 1.90 bits per heavy atom. The smallest absolute Gasteiger partial charge is 0.255 e. The van der Waals surface area contributed by atoms with Gasteiger partial charge in [0.15, 0.2) is 0 Å². The number of para-hydroxylation sites is 1. The molecule has 2 aromatic rings. The van der Waals surface area contributed by atoms with Gasteiger partial charge in [0.1, 0.15) is 0 Å². The van der Waals surface area contributed by atoms with Gasteiger partial charge in [0.2, 0.25) is 0 Å². The second-order valence-electron chi connectivity index (χ2n) is 5.06. The zero-order valence-corrected chi connectivity index (χ0v) is 11.9. The van der Waals surface area contributed by atoms with Crippen molar-refractivity contribution in [3.63, 3.8) is 0 Å². The topological polar surface area (TPSA) is 51.1 Å². The first-order valence-corrected chi connectivity index (χ1v) is 6.56. The van der Waals surface area contributed by atoms with Crippen molar-refractivity contribution in [3.8, 4) is 0 Å². The molecular formula is C16H18N2O2. The number of aryl methyl sites for hydroxylation is 1. The first-order valence-electron chi connectivity index (χ1n) is 6.56. The van der Waals surface area contributed by atoms with Crippen LogP contribution in [-0.2, 0) is 7.05 Å². The van der Waals surface area contributed by atoms with E-state index in [-0.39, 0.29) is 11.5 Å². The van der Waals surface area contributed by atoms with E-state index in [4.69, 9.17) is 0 Å². The molecule has 0 bridgehead atoms. The molecule has 0 radical (unpaired) electrons. The van der Waals surface area contributed by atoms with E-state index >= 15 is 0 Å². The SMILES string of the molecule is CC(C)c1ccccc1NC(=O)c1ccn(C)c(=O)c1. The number of amides is 1. The summed E-state index contributed by atoms with van der Waals surface area (Å²) in [7, 11) is 1.65. The molecule has 20 heavy (non-hydrogen) atoms. The average molecular weight is 270 g/mol. The van der Waals surface area contributed by atoms with Crippen LogP contribution in [0.5, 0.6) is 0 Å². The number of rotatable bonds is 3. The number of hydrogen-bond donors (Lipinski definition) is 1. The number of nitrogens with zero attached hydrogens (tertiary/aromatic N) is 1. The lowest BCUT2D eigenvalue weighted by atomic mass is 10.0. The number of carbonyl (C=O) groups excluding carboxylic acids is 1. The molecule has 0 unspecified atom stereocenters. The van der Waals surface area contributed by atoms with Crippen molar-refractivity contribution in [1.29, 1.82) is 0 Å². The van der Waals surface area contributed by atoms with Gasteiger partial charge in [-0.05, 0) is 23.6 Å². The highest BCUT2D eigenvalue weighted by Crippen LogP contribution is 2.23. The van der Waals surface area contributed by atoms with E-state index in [1.54, 1.807) is 19.3 Å². The van der Waals surface area contributed by atoms with Crippen LogP contribution in [0, 0.1) is 0 Å². The van der Waals surface area contributed by atoms with Gasteiger partial charge in [-0.15, -0.1) is 0 Å². The van der Waals surface area contributed by atoms with Crippen molar-refractivity contribution < 1.29 is 4.79 Å². The maximum absolute atomic E-state index is 12.2.